The smallest absolute Gasteiger partial charge is 0.265 e. The second kappa shape index (κ2) is 8.11. The number of thioether (sulfide) groups is 1. The van der Waals surface area contributed by atoms with E-state index in [1.165, 1.54) is 18.0 Å². The van der Waals surface area contributed by atoms with Crippen molar-refractivity contribution in [1.29, 1.82) is 5.26 Å². The van der Waals surface area contributed by atoms with Gasteiger partial charge in [0.05, 0.1) is 22.3 Å². The molecule has 2 aromatic rings. The van der Waals surface area contributed by atoms with E-state index in [0.717, 1.165) is 4.68 Å². The Bertz CT molecular complexity index is 824. The lowest BCUT2D eigenvalue weighted by atomic mass is 10.2. The van der Waals surface area contributed by atoms with Crippen molar-refractivity contribution in [3.63, 3.8) is 0 Å². The number of nitriles is 1. The van der Waals surface area contributed by atoms with E-state index in [4.69, 9.17) is 28.5 Å². The molecule has 2 rings (SSSR count). The Hall–Kier alpha value is -1.88. The third-order valence-corrected chi connectivity index (χ3v) is 4.30. The zero-order chi connectivity index (χ0) is 16.8. The molecule has 9 heteroatoms. The van der Waals surface area contributed by atoms with Crippen LogP contribution < -0.4 is 5.56 Å². The maximum Gasteiger partial charge on any atom is 0.296 e. The van der Waals surface area contributed by atoms with Crippen LogP contribution in [0.5, 0.6) is 0 Å². The van der Waals surface area contributed by atoms with Gasteiger partial charge in [-0.25, -0.2) is 0 Å². The number of benzene rings is 1. The highest BCUT2D eigenvalue weighted by atomic mass is 35.5. The highest BCUT2D eigenvalue weighted by molar-refractivity contribution is 7.99. The van der Waals surface area contributed by atoms with Gasteiger partial charge in [0.15, 0.2) is 0 Å². The van der Waals surface area contributed by atoms with Crippen LogP contribution in [-0.4, -0.2) is 26.8 Å². The lowest BCUT2D eigenvalue weighted by molar-refractivity contribution is 0.634. The van der Waals surface area contributed by atoms with Gasteiger partial charge in [-0.3, -0.25) is 4.79 Å². The fourth-order valence-electron chi connectivity index (χ4n) is 1.57. The van der Waals surface area contributed by atoms with E-state index in [2.05, 4.69) is 15.3 Å². The number of aromatic nitrogens is 3. The summed E-state index contributed by atoms with van der Waals surface area (Å²) in [6.07, 6.45) is 1.73. The molecule has 1 aromatic carbocycles. The first-order chi connectivity index (χ1) is 11.0. The van der Waals surface area contributed by atoms with E-state index in [0.29, 0.717) is 32.9 Å². The molecule has 0 spiro atoms. The zero-order valence-electron chi connectivity index (χ0n) is 12.0. The number of aryl methyl sites for hydroxylation is 1. The van der Waals surface area contributed by atoms with Crippen LogP contribution in [0.2, 0.25) is 10.0 Å². The highest BCUT2D eigenvalue weighted by Gasteiger charge is 2.10. The lowest BCUT2D eigenvalue weighted by Crippen LogP contribution is -2.24. The third kappa shape index (κ3) is 4.32. The van der Waals surface area contributed by atoms with E-state index in [9.17, 15) is 4.79 Å². The van der Waals surface area contributed by atoms with E-state index in [-0.39, 0.29) is 11.3 Å². The van der Waals surface area contributed by atoms with Crippen LogP contribution in [0.4, 0.5) is 0 Å². The number of hydrogen-bond acceptors (Lipinski definition) is 6. The fraction of sp³-hybridized carbons (Fsp3) is 0.214. The monoisotopic (exact) mass is 367 g/mol. The minimum Gasteiger partial charge on any atom is -0.265 e. The van der Waals surface area contributed by atoms with Gasteiger partial charge in [-0.15, -0.1) is 10.2 Å². The average Bonchev–Trinajstić information content (AvgIpc) is 2.52. The molecular weight excluding hydrogens is 357 g/mol. The topological polar surface area (TPSA) is 83.9 Å². The van der Waals surface area contributed by atoms with E-state index in [1.807, 2.05) is 6.07 Å². The van der Waals surface area contributed by atoms with Crippen LogP contribution in [-0.2, 0) is 0 Å². The van der Waals surface area contributed by atoms with Crippen molar-refractivity contribution in [1.82, 2.24) is 14.9 Å². The Morgan fingerprint density at radius 2 is 2.09 bits per heavy atom. The van der Waals surface area contributed by atoms with E-state index in [1.54, 1.807) is 25.1 Å². The quantitative estimate of drug-likeness (QED) is 0.460. The summed E-state index contributed by atoms with van der Waals surface area (Å²) in [5.74, 6) is 0.482. The van der Waals surface area contributed by atoms with Crippen LogP contribution in [0.3, 0.4) is 0 Å². The molecule has 0 aliphatic carbocycles. The molecule has 0 aliphatic heterocycles. The summed E-state index contributed by atoms with van der Waals surface area (Å²) in [5, 5.41) is 21.6. The van der Waals surface area contributed by atoms with Crippen molar-refractivity contribution in [3.05, 3.63) is 49.9 Å². The molecule has 118 valence electrons. The van der Waals surface area contributed by atoms with Crippen molar-refractivity contribution < 1.29 is 0 Å². The molecule has 0 unspecified atom stereocenters. The maximum atomic E-state index is 12.2. The first-order valence-electron chi connectivity index (χ1n) is 6.49. The predicted molar refractivity (Wildman–Crippen MR) is 91.4 cm³/mol. The predicted octanol–water partition coefficient (Wildman–Crippen LogP) is 3.14. The molecule has 6 nitrogen and oxygen atoms in total. The SMILES string of the molecule is Cc1nnc(SCCC#N)n(/N=C/c2c(Cl)cccc2Cl)c1=O. The number of hydrogen-bond donors (Lipinski definition) is 0. The summed E-state index contributed by atoms with van der Waals surface area (Å²) in [7, 11) is 0. The fourth-order valence-corrected chi connectivity index (χ4v) is 2.79. The van der Waals surface area contributed by atoms with Crippen molar-refractivity contribution in [2.45, 2.75) is 18.5 Å². The molecule has 0 N–H and O–H groups in total. The van der Waals surface area contributed by atoms with Gasteiger partial charge in [0.2, 0.25) is 5.16 Å². The molecule has 23 heavy (non-hydrogen) atoms. The van der Waals surface area contributed by atoms with Crippen molar-refractivity contribution >= 4 is 41.2 Å². The van der Waals surface area contributed by atoms with Gasteiger partial charge in [-0.05, 0) is 19.1 Å². The van der Waals surface area contributed by atoms with Gasteiger partial charge in [0, 0.05) is 17.7 Å². The highest BCUT2D eigenvalue weighted by Crippen LogP contribution is 2.22. The van der Waals surface area contributed by atoms with Crippen LogP contribution in [0.15, 0.2) is 33.3 Å². The Morgan fingerprint density at radius 1 is 1.39 bits per heavy atom. The number of rotatable bonds is 5. The first-order valence-corrected chi connectivity index (χ1v) is 8.23. The molecule has 0 aliphatic rings. The van der Waals surface area contributed by atoms with Crippen molar-refractivity contribution in [3.8, 4) is 6.07 Å². The number of nitrogens with zero attached hydrogens (tertiary/aromatic N) is 5. The Labute approximate surface area is 146 Å². The Kier molecular flexibility index (Phi) is 6.16. The summed E-state index contributed by atoms with van der Waals surface area (Å²) in [6.45, 7) is 1.55. The average molecular weight is 368 g/mol. The zero-order valence-corrected chi connectivity index (χ0v) is 14.4. The minimum atomic E-state index is -0.390. The molecule has 0 fully saturated rings. The molecule has 0 radical (unpaired) electrons. The van der Waals surface area contributed by atoms with Crippen molar-refractivity contribution in [2.24, 2.45) is 5.10 Å². The summed E-state index contributed by atoms with van der Waals surface area (Å²) >= 11 is 13.4. The first kappa shape index (κ1) is 17.5. The lowest BCUT2D eigenvalue weighted by Gasteiger charge is -2.06. The standard InChI is InChI=1S/C14H11Cl2N5OS/c1-9-13(22)21(14(20-19-9)23-7-3-6-17)18-8-10-11(15)4-2-5-12(10)16/h2,4-5,8H,3,7H2,1H3/b18-8+. The van der Waals surface area contributed by atoms with Gasteiger partial charge in [0.25, 0.3) is 5.56 Å². The molecule has 0 bridgehead atoms. The van der Waals surface area contributed by atoms with Gasteiger partial charge in [-0.1, -0.05) is 41.0 Å². The van der Waals surface area contributed by atoms with E-state index < -0.39 is 0 Å². The summed E-state index contributed by atoms with van der Waals surface area (Å²) < 4.78 is 1.13. The third-order valence-electron chi connectivity index (χ3n) is 2.72. The van der Waals surface area contributed by atoms with Crippen LogP contribution in [0.25, 0.3) is 0 Å². The van der Waals surface area contributed by atoms with Gasteiger partial charge < -0.3 is 0 Å². The van der Waals surface area contributed by atoms with Crippen LogP contribution in [0.1, 0.15) is 17.7 Å². The van der Waals surface area contributed by atoms with Crippen LogP contribution in [0, 0.1) is 18.3 Å². The maximum absolute atomic E-state index is 12.2. The van der Waals surface area contributed by atoms with Crippen LogP contribution >= 0.6 is 35.0 Å². The summed E-state index contributed by atoms with van der Waals surface area (Å²) in [6, 6.07) is 7.10. The van der Waals surface area contributed by atoms with E-state index >= 15 is 0 Å². The Balaban J connectivity index is 2.42. The molecule has 0 saturated heterocycles. The molecule has 0 amide bonds. The normalized spacial score (nSPS) is 10.9. The largest absolute Gasteiger partial charge is 0.296 e. The number of halogens is 2. The molecule has 1 heterocycles. The molecular formula is C14H11Cl2N5OS. The minimum absolute atomic E-state index is 0.219. The van der Waals surface area contributed by atoms with Gasteiger partial charge in [-0.2, -0.15) is 15.0 Å². The molecule has 1 aromatic heterocycles. The Morgan fingerprint density at radius 3 is 2.74 bits per heavy atom. The second-order valence-corrected chi connectivity index (χ2v) is 6.20. The molecule has 0 saturated carbocycles. The second-order valence-electron chi connectivity index (χ2n) is 4.32. The van der Waals surface area contributed by atoms with Gasteiger partial charge in [0.1, 0.15) is 5.69 Å². The molecule has 0 atom stereocenters. The van der Waals surface area contributed by atoms with Crippen molar-refractivity contribution in [2.75, 3.05) is 5.75 Å². The van der Waals surface area contributed by atoms with Gasteiger partial charge >= 0.3 is 0 Å². The summed E-state index contributed by atoms with van der Waals surface area (Å²) in [5.41, 5.74) is 0.334. The summed E-state index contributed by atoms with van der Waals surface area (Å²) in [4.78, 5) is 12.2.